The number of ether oxygens (including phenoxy) is 2. The summed E-state index contributed by atoms with van der Waals surface area (Å²) in [6.45, 7) is 0.382. The second-order valence-corrected chi connectivity index (χ2v) is 5.91. The van der Waals surface area contributed by atoms with Gasteiger partial charge in [0.05, 0.1) is 0 Å². The van der Waals surface area contributed by atoms with Crippen molar-refractivity contribution in [2.24, 2.45) is 0 Å². The highest BCUT2D eigenvalue weighted by Gasteiger charge is 2.39. The van der Waals surface area contributed by atoms with Gasteiger partial charge >= 0.3 is 12.5 Å². The van der Waals surface area contributed by atoms with Crippen LogP contribution in [0.4, 0.5) is 18.0 Å². The second kappa shape index (κ2) is 6.85. The molecule has 2 heterocycles. The lowest BCUT2D eigenvalue weighted by Crippen LogP contribution is -2.48. The predicted octanol–water partition coefficient (Wildman–Crippen LogP) is 2.17. The van der Waals surface area contributed by atoms with Crippen LogP contribution in [-0.2, 0) is 9.53 Å². The van der Waals surface area contributed by atoms with Gasteiger partial charge in [0.1, 0.15) is 5.75 Å². The summed E-state index contributed by atoms with van der Waals surface area (Å²) >= 11 is 0. The number of benzene rings is 1. The zero-order chi connectivity index (χ0) is 18.9. The van der Waals surface area contributed by atoms with Crippen LogP contribution in [0.1, 0.15) is 23.2 Å². The lowest BCUT2D eigenvalue weighted by atomic mass is 10.0. The molecule has 0 unspecified atom stereocenters. The van der Waals surface area contributed by atoms with Gasteiger partial charge in [0.2, 0.25) is 0 Å². The summed E-state index contributed by atoms with van der Waals surface area (Å²) in [5.74, 6) is -1.13. The Labute approximate surface area is 146 Å². The molecule has 0 N–H and O–H groups in total. The van der Waals surface area contributed by atoms with Crippen molar-refractivity contribution in [1.82, 2.24) is 9.80 Å². The Bertz CT molecular complexity index is 696. The molecule has 0 radical (unpaired) electrons. The molecule has 10 heteroatoms. The molecule has 0 atom stereocenters. The van der Waals surface area contributed by atoms with Crippen LogP contribution in [-0.4, -0.2) is 59.8 Å². The van der Waals surface area contributed by atoms with E-state index in [0.29, 0.717) is 25.9 Å². The summed E-state index contributed by atoms with van der Waals surface area (Å²) in [6.07, 6.45) is -4.62. The number of halogens is 3. The van der Waals surface area contributed by atoms with Crippen molar-refractivity contribution in [3.05, 3.63) is 29.8 Å². The van der Waals surface area contributed by atoms with Crippen molar-refractivity contribution < 1.29 is 37.0 Å². The summed E-state index contributed by atoms with van der Waals surface area (Å²) in [6, 6.07) is 4.36. The molecular weight excluding hydrogens is 357 g/mol. The van der Waals surface area contributed by atoms with Gasteiger partial charge in [0.25, 0.3) is 11.8 Å². The van der Waals surface area contributed by atoms with Crippen molar-refractivity contribution in [2.45, 2.75) is 25.2 Å². The van der Waals surface area contributed by atoms with E-state index < -0.39 is 18.2 Å². The Morgan fingerprint density at radius 1 is 1.12 bits per heavy atom. The number of alkyl halides is 3. The Morgan fingerprint density at radius 3 is 2.23 bits per heavy atom. The van der Waals surface area contributed by atoms with Crippen LogP contribution in [0.3, 0.4) is 0 Å². The van der Waals surface area contributed by atoms with Gasteiger partial charge in [-0.15, -0.1) is 13.2 Å². The summed E-state index contributed by atoms with van der Waals surface area (Å²) < 4.78 is 44.9. The number of nitrogens with zero attached hydrogens (tertiary/aromatic N) is 2. The molecule has 0 aliphatic carbocycles. The largest absolute Gasteiger partial charge is 0.573 e. The highest BCUT2D eigenvalue weighted by atomic mass is 19.4. The number of hydrogen-bond donors (Lipinski definition) is 0. The predicted molar refractivity (Wildman–Crippen MR) is 80.2 cm³/mol. The van der Waals surface area contributed by atoms with Crippen LogP contribution in [0, 0.1) is 0 Å². The van der Waals surface area contributed by atoms with Crippen molar-refractivity contribution >= 4 is 17.9 Å². The summed E-state index contributed by atoms with van der Waals surface area (Å²) in [5, 5.41) is 0. The molecule has 140 valence electrons. The van der Waals surface area contributed by atoms with Gasteiger partial charge in [-0.2, -0.15) is 0 Å². The molecule has 0 spiro atoms. The lowest BCUT2D eigenvalue weighted by Gasteiger charge is -2.34. The van der Waals surface area contributed by atoms with Gasteiger partial charge in [0.15, 0.2) is 6.61 Å². The Kier molecular flexibility index (Phi) is 4.75. The third kappa shape index (κ3) is 3.89. The quantitative estimate of drug-likeness (QED) is 0.813. The molecular formula is C16H15F3N2O5. The van der Waals surface area contributed by atoms with Crippen molar-refractivity contribution in [2.75, 3.05) is 19.7 Å². The lowest BCUT2D eigenvalue weighted by molar-refractivity contribution is -0.274. The van der Waals surface area contributed by atoms with E-state index in [2.05, 4.69) is 9.47 Å². The minimum Gasteiger partial charge on any atom is -0.439 e. The molecule has 3 rings (SSSR count). The number of piperidine rings is 1. The van der Waals surface area contributed by atoms with E-state index in [0.717, 1.165) is 17.0 Å². The topological polar surface area (TPSA) is 76.2 Å². The summed E-state index contributed by atoms with van der Waals surface area (Å²) in [5.41, 5.74) is 0.231. The first-order valence-electron chi connectivity index (χ1n) is 7.88. The van der Waals surface area contributed by atoms with Crippen LogP contribution in [0.15, 0.2) is 24.3 Å². The number of rotatable bonds is 3. The number of imide groups is 1. The van der Waals surface area contributed by atoms with Gasteiger partial charge in [-0.25, -0.2) is 9.69 Å². The van der Waals surface area contributed by atoms with Crippen LogP contribution in [0.5, 0.6) is 5.75 Å². The zero-order valence-electron chi connectivity index (χ0n) is 13.5. The Hall–Kier alpha value is -2.78. The minimum atomic E-state index is -4.79. The van der Waals surface area contributed by atoms with E-state index in [9.17, 15) is 27.6 Å². The van der Waals surface area contributed by atoms with Crippen molar-refractivity contribution in [1.29, 1.82) is 0 Å². The molecule has 7 nitrogen and oxygen atoms in total. The maximum absolute atomic E-state index is 12.4. The highest BCUT2D eigenvalue weighted by molar-refractivity contribution is 5.98. The van der Waals surface area contributed by atoms with Gasteiger partial charge < -0.3 is 14.4 Å². The van der Waals surface area contributed by atoms with Crippen LogP contribution in [0.2, 0.25) is 0 Å². The molecule has 0 bridgehead atoms. The fraction of sp³-hybridized carbons (Fsp3) is 0.438. The standard InChI is InChI=1S/C16H15F3N2O5/c17-16(18,19)26-12-3-1-10(2-4-12)14(23)20-7-5-11(6-8-20)21-13(22)9-25-15(21)24/h1-4,11H,5-9H2. The number of amides is 3. The van der Waals surface area contributed by atoms with Gasteiger partial charge in [-0.05, 0) is 37.1 Å². The summed E-state index contributed by atoms with van der Waals surface area (Å²) in [7, 11) is 0. The molecule has 2 saturated heterocycles. The third-order valence-electron chi connectivity index (χ3n) is 4.24. The fourth-order valence-electron chi connectivity index (χ4n) is 3.03. The van der Waals surface area contributed by atoms with Crippen molar-refractivity contribution in [3.8, 4) is 5.75 Å². The number of likely N-dealkylation sites (tertiary alicyclic amines) is 1. The van der Waals surface area contributed by atoms with Gasteiger partial charge in [-0.1, -0.05) is 0 Å². The Morgan fingerprint density at radius 2 is 1.73 bits per heavy atom. The van der Waals surface area contributed by atoms with E-state index in [1.807, 2.05) is 0 Å². The molecule has 2 aliphatic heterocycles. The molecule has 0 aromatic heterocycles. The maximum Gasteiger partial charge on any atom is 0.573 e. The van der Waals surface area contributed by atoms with Gasteiger partial charge in [-0.3, -0.25) is 9.59 Å². The number of carbonyl (C=O) groups is 3. The number of cyclic esters (lactones) is 1. The first-order chi connectivity index (χ1) is 12.2. The second-order valence-electron chi connectivity index (χ2n) is 5.91. The third-order valence-corrected chi connectivity index (χ3v) is 4.24. The first kappa shape index (κ1) is 18.0. The average molecular weight is 372 g/mol. The monoisotopic (exact) mass is 372 g/mol. The van der Waals surface area contributed by atoms with E-state index in [4.69, 9.17) is 0 Å². The number of carbonyl (C=O) groups excluding carboxylic acids is 3. The zero-order valence-corrected chi connectivity index (χ0v) is 13.5. The average Bonchev–Trinajstić information content (AvgIpc) is 2.92. The van der Waals surface area contributed by atoms with E-state index in [1.54, 1.807) is 0 Å². The summed E-state index contributed by atoms with van der Waals surface area (Å²) in [4.78, 5) is 38.3. The molecule has 3 amide bonds. The van der Waals surface area contributed by atoms with E-state index in [1.165, 1.54) is 17.0 Å². The SMILES string of the molecule is O=C(c1ccc(OC(F)(F)F)cc1)N1CCC(N2C(=O)COC2=O)CC1. The fourth-order valence-corrected chi connectivity index (χ4v) is 3.03. The van der Waals surface area contributed by atoms with E-state index >= 15 is 0 Å². The Balaban J connectivity index is 1.58. The molecule has 26 heavy (non-hydrogen) atoms. The minimum absolute atomic E-state index is 0.231. The maximum atomic E-state index is 12.4. The van der Waals surface area contributed by atoms with Crippen LogP contribution in [0.25, 0.3) is 0 Å². The molecule has 1 aromatic carbocycles. The molecule has 2 aliphatic rings. The van der Waals surface area contributed by atoms with Crippen LogP contribution < -0.4 is 4.74 Å². The van der Waals surface area contributed by atoms with E-state index in [-0.39, 0.29) is 30.0 Å². The van der Waals surface area contributed by atoms with Crippen LogP contribution >= 0.6 is 0 Å². The molecule has 2 fully saturated rings. The highest BCUT2D eigenvalue weighted by Crippen LogP contribution is 2.25. The van der Waals surface area contributed by atoms with Crippen molar-refractivity contribution in [3.63, 3.8) is 0 Å². The smallest absolute Gasteiger partial charge is 0.439 e. The first-order valence-corrected chi connectivity index (χ1v) is 7.88. The normalized spacial score (nSPS) is 18.9. The number of hydrogen-bond acceptors (Lipinski definition) is 5. The van der Waals surface area contributed by atoms with Gasteiger partial charge in [0, 0.05) is 24.7 Å². The molecule has 0 saturated carbocycles. The molecule has 1 aromatic rings.